The van der Waals surface area contributed by atoms with E-state index in [2.05, 4.69) is 15.7 Å². The monoisotopic (exact) mass is 355 g/mol. The van der Waals surface area contributed by atoms with Gasteiger partial charge in [-0.25, -0.2) is 4.99 Å². The van der Waals surface area contributed by atoms with Gasteiger partial charge in [-0.3, -0.25) is 34.9 Å². The minimum absolute atomic E-state index is 0.410. The zero-order valence-corrected chi connectivity index (χ0v) is 14.3. The maximum absolute atomic E-state index is 12.4. The average molecular weight is 355 g/mol. The van der Waals surface area contributed by atoms with Crippen molar-refractivity contribution in [3.05, 3.63) is 0 Å². The zero-order valence-electron chi connectivity index (χ0n) is 14.3. The van der Waals surface area contributed by atoms with Crippen LogP contribution in [0.2, 0.25) is 0 Å². The molecule has 1 saturated heterocycles. The fourth-order valence-electron chi connectivity index (χ4n) is 2.98. The lowest BCUT2D eigenvalue weighted by molar-refractivity contribution is -0.169. The summed E-state index contributed by atoms with van der Waals surface area (Å²) in [4.78, 5) is 53.1. The molecule has 0 saturated carbocycles. The Morgan fingerprint density at radius 1 is 1.40 bits per heavy atom. The standard InChI is InChI=1S/C14H21N5O6/c1-6(20)11(23)9-14(25-4)16-12-10(19(9)8(3)22)13(24)15-5-18(12)17-7(2)21/h5-6,9-10,12,14,16,20H,1-4H3,(H,17,21). The normalized spacial score (nSPS) is 29.9. The van der Waals surface area contributed by atoms with E-state index < -0.39 is 54.1 Å². The number of amides is 3. The quantitative estimate of drug-likeness (QED) is 0.496. The predicted molar refractivity (Wildman–Crippen MR) is 83.7 cm³/mol. The second kappa shape index (κ2) is 7.25. The first kappa shape index (κ1) is 19.0. The molecule has 0 aromatic rings. The number of ketones is 1. The summed E-state index contributed by atoms with van der Waals surface area (Å²) < 4.78 is 5.26. The van der Waals surface area contributed by atoms with Gasteiger partial charge in [-0.1, -0.05) is 0 Å². The van der Waals surface area contributed by atoms with Crippen molar-refractivity contribution in [2.45, 2.75) is 51.4 Å². The van der Waals surface area contributed by atoms with Gasteiger partial charge in [0.05, 0.1) is 0 Å². The lowest BCUT2D eigenvalue weighted by Gasteiger charge is -2.51. The van der Waals surface area contributed by atoms with Crippen LogP contribution in [0.15, 0.2) is 4.99 Å². The van der Waals surface area contributed by atoms with Crippen LogP contribution in [-0.4, -0.2) is 82.5 Å². The molecule has 5 unspecified atom stereocenters. The number of aliphatic hydroxyl groups is 1. The number of nitrogens with one attached hydrogen (secondary N) is 2. The molecule has 3 amide bonds. The van der Waals surface area contributed by atoms with Crippen molar-refractivity contribution >= 4 is 29.8 Å². The Morgan fingerprint density at radius 3 is 2.52 bits per heavy atom. The molecule has 0 radical (unpaired) electrons. The number of hydrogen-bond acceptors (Lipinski definition) is 8. The maximum Gasteiger partial charge on any atom is 0.273 e. The van der Waals surface area contributed by atoms with Crippen LogP contribution >= 0.6 is 0 Å². The van der Waals surface area contributed by atoms with Crippen LogP contribution in [0.4, 0.5) is 0 Å². The van der Waals surface area contributed by atoms with Crippen LogP contribution in [0.5, 0.6) is 0 Å². The van der Waals surface area contributed by atoms with Gasteiger partial charge in [-0.15, -0.1) is 0 Å². The van der Waals surface area contributed by atoms with Crippen molar-refractivity contribution < 1.29 is 29.0 Å². The highest BCUT2D eigenvalue weighted by molar-refractivity contribution is 5.98. The fourth-order valence-corrected chi connectivity index (χ4v) is 2.98. The van der Waals surface area contributed by atoms with Crippen LogP contribution in [-0.2, 0) is 23.9 Å². The Bertz CT molecular complexity index is 621. The zero-order chi connectivity index (χ0) is 18.9. The Hall–Kier alpha value is -2.37. The van der Waals surface area contributed by atoms with Gasteiger partial charge in [0.25, 0.3) is 5.91 Å². The third kappa shape index (κ3) is 3.52. The first-order chi connectivity index (χ1) is 11.7. The third-order valence-corrected chi connectivity index (χ3v) is 3.99. The maximum atomic E-state index is 12.4. The summed E-state index contributed by atoms with van der Waals surface area (Å²) in [5.41, 5.74) is 2.47. The van der Waals surface area contributed by atoms with E-state index in [1.165, 1.54) is 32.9 Å². The van der Waals surface area contributed by atoms with Crippen LogP contribution in [0, 0.1) is 0 Å². The van der Waals surface area contributed by atoms with Gasteiger partial charge in [0, 0.05) is 21.0 Å². The van der Waals surface area contributed by atoms with Crippen molar-refractivity contribution in [1.82, 2.24) is 20.7 Å². The number of carbonyl (C=O) groups excluding carboxylic acids is 4. The summed E-state index contributed by atoms with van der Waals surface area (Å²) in [5, 5.41) is 13.8. The molecule has 0 aromatic heterocycles. The summed E-state index contributed by atoms with van der Waals surface area (Å²) in [6, 6.07) is -2.39. The van der Waals surface area contributed by atoms with Crippen LogP contribution in [0.25, 0.3) is 0 Å². The van der Waals surface area contributed by atoms with Crippen LogP contribution in [0.3, 0.4) is 0 Å². The molecule has 11 heteroatoms. The van der Waals surface area contributed by atoms with E-state index in [0.29, 0.717) is 0 Å². The van der Waals surface area contributed by atoms with Gasteiger partial charge < -0.3 is 14.7 Å². The molecular formula is C14H21N5O6. The van der Waals surface area contributed by atoms with E-state index in [0.717, 1.165) is 11.2 Å². The topological polar surface area (TPSA) is 141 Å². The summed E-state index contributed by atoms with van der Waals surface area (Å²) in [6.07, 6.45) is -2.13. The molecule has 0 spiro atoms. The highest BCUT2D eigenvalue weighted by atomic mass is 16.5. The number of Topliss-reactive ketones (excluding diaryl/α,β-unsaturated/α-hetero) is 1. The second-order valence-corrected chi connectivity index (χ2v) is 5.82. The molecule has 0 aromatic carbocycles. The molecular weight excluding hydrogens is 334 g/mol. The van der Waals surface area contributed by atoms with Gasteiger partial charge in [0.2, 0.25) is 11.8 Å². The van der Waals surface area contributed by atoms with E-state index in [1.54, 1.807) is 0 Å². The van der Waals surface area contributed by atoms with Gasteiger partial charge in [0.15, 0.2) is 5.78 Å². The highest BCUT2D eigenvalue weighted by Gasteiger charge is 2.53. The van der Waals surface area contributed by atoms with Crippen molar-refractivity contribution in [3.63, 3.8) is 0 Å². The molecule has 3 N–H and O–H groups in total. The van der Waals surface area contributed by atoms with Crippen molar-refractivity contribution in [3.8, 4) is 0 Å². The molecule has 2 rings (SSSR count). The smallest absolute Gasteiger partial charge is 0.273 e. The summed E-state index contributed by atoms with van der Waals surface area (Å²) in [6.45, 7) is 3.74. The number of hydrazine groups is 1. The lowest BCUT2D eigenvalue weighted by Crippen LogP contribution is -2.78. The molecule has 25 heavy (non-hydrogen) atoms. The molecule has 0 aliphatic carbocycles. The number of carbonyl (C=O) groups is 4. The molecule has 138 valence electrons. The Kier molecular flexibility index (Phi) is 5.50. The van der Waals surface area contributed by atoms with Gasteiger partial charge in [-0.05, 0) is 6.92 Å². The van der Waals surface area contributed by atoms with Gasteiger partial charge in [-0.2, -0.15) is 0 Å². The summed E-state index contributed by atoms with van der Waals surface area (Å²) >= 11 is 0. The Labute approximate surface area is 144 Å². The molecule has 1 fully saturated rings. The average Bonchev–Trinajstić information content (AvgIpc) is 2.54. The number of hydrogen-bond donors (Lipinski definition) is 3. The number of nitrogens with zero attached hydrogens (tertiary/aromatic N) is 3. The minimum atomic E-state index is -1.36. The minimum Gasteiger partial charge on any atom is -0.386 e. The number of rotatable bonds is 4. The predicted octanol–water partition coefficient (Wildman–Crippen LogP) is -2.65. The molecule has 11 nitrogen and oxygen atoms in total. The van der Waals surface area contributed by atoms with E-state index in [1.807, 2.05) is 0 Å². The highest BCUT2D eigenvalue weighted by Crippen LogP contribution is 2.25. The fraction of sp³-hybridized carbons (Fsp3) is 0.643. The van der Waals surface area contributed by atoms with Gasteiger partial charge in [0.1, 0.15) is 36.9 Å². The van der Waals surface area contributed by atoms with Crippen molar-refractivity contribution in [2.75, 3.05) is 7.11 Å². The number of aliphatic hydroxyl groups excluding tert-OH is 1. The SMILES string of the molecule is COC1NC2C(C(=O)N=CN2NC(C)=O)N(C(C)=O)C1C(=O)C(C)O. The number of ether oxygens (including phenoxy) is 1. The Balaban J connectivity index is 2.49. The van der Waals surface area contributed by atoms with E-state index in [-0.39, 0.29) is 0 Å². The largest absolute Gasteiger partial charge is 0.386 e. The second-order valence-electron chi connectivity index (χ2n) is 5.82. The number of aliphatic imine (C=N–C) groups is 1. The first-order valence-electron chi connectivity index (χ1n) is 7.62. The Morgan fingerprint density at radius 2 is 2.04 bits per heavy atom. The molecule has 2 aliphatic rings. The van der Waals surface area contributed by atoms with E-state index in [4.69, 9.17) is 4.74 Å². The van der Waals surface area contributed by atoms with E-state index >= 15 is 0 Å². The van der Waals surface area contributed by atoms with E-state index in [9.17, 15) is 24.3 Å². The van der Waals surface area contributed by atoms with Crippen LogP contribution in [0.1, 0.15) is 20.8 Å². The molecule has 5 atom stereocenters. The summed E-state index contributed by atoms with van der Waals surface area (Å²) in [7, 11) is 1.32. The molecule has 0 bridgehead atoms. The summed E-state index contributed by atoms with van der Waals surface area (Å²) in [5.74, 6) is -2.31. The van der Waals surface area contributed by atoms with Crippen molar-refractivity contribution in [2.24, 2.45) is 4.99 Å². The van der Waals surface area contributed by atoms with Crippen LogP contribution < -0.4 is 10.7 Å². The van der Waals surface area contributed by atoms with Gasteiger partial charge >= 0.3 is 0 Å². The first-order valence-corrected chi connectivity index (χ1v) is 7.62. The lowest BCUT2D eigenvalue weighted by atomic mass is 9.96. The third-order valence-electron chi connectivity index (χ3n) is 3.99. The number of piperazine rings is 1. The molecule has 2 aliphatic heterocycles. The number of fused-ring (bicyclic) bond motifs is 1. The number of methoxy groups -OCH3 is 1. The molecule has 2 heterocycles. The van der Waals surface area contributed by atoms with Crippen molar-refractivity contribution in [1.29, 1.82) is 0 Å².